The molecule has 21 heavy (non-hydrogen) atoms. The van der Waals surface area contributed by atoms with E-state index in [1.165, 1.54) is 13.2 Å². The smallest absolute Gasteiger partial charge is 0.165 e. The number of halogens is 1. The SMILES string of the molecule is CCC(C(=O)Cc1ccc(OC)c(F)c1)c1ccccc1. The van der Waals surface area contributed by atoms with E-state index in [1.54, 1.807) is 12.1 Å². The summed E-state index contributed by atoms with van der Waals surface area (Å²) in [6, 6.07) is 14.4. The van der Waals surface area contributed by atoms with Gasteiger partial charge in [-0.05, 0) is 29.7 Å². The number of hydrogen-bond acceptors (Lipinski definition) is 2. The Bertz CT molecular complexity index is 608. The number of benzene rings is 2. The highest BCUT2D eigenvalue weighted by atomic mass is 19.1. The van der Waals surface area contributed by atoms with Crippen molar-refractivity contribution in [3.05, 3.63) is 65.5 Å². The summed E-state index contributed by atoms with van der Waals surface area (Å²) in [5.74, 6) is -0.276. The van der Waals surface area contributed by atoms with E-state index in [0.29, 0.717) is 5.56 Å². The third-order valence-corrected chi connectivity index (χ3v) is 3.59. The topological polar surface area (TPSA) is 26.3 Å². The van der Waals surface area contributed by atoms with Crippen molar-refractivity contribution < 1.29 is 13.9 Å². The van der Waals surface area contributed by atoms with Crippen LogP contribution in [0.4, 0.5) is 4.39 Å². The van der Waals surface area contributed by atoms with Gasteiger partial charge in [-0.15, -0.1) is 0 Å². The van der Waals surface area contributed by atoms with E-state index in [2.05, 4.69) is 0 Å². The molecule has 0 aliphatic heterocycles. The lowest BCUT2D eigenvalue weighted by Crippen LogP contribution is -2.14. The lowest BCUT2D eigenvalue weighted by molar-refractivity contribution is -0.119. The Labute approximate surface area is 124 Å². The molecule has 0 radical (unpaired) electrons. The number of carbonyl (C=O) groups excluding carboxylic acids is 1. The minimum Gasteiger partial charge on any atom is -0.494 e. The molecular weight excluding hydrogens is 267 g/mol. The summed E-state index contributed by atoms with van der Waals surface area (Å²) in [4.78, 5) is 12.5. The normalized spacial score (nSPS) is 12.0. The van der Waals surface area contributed by atoms with Crippen LogP contribution in [0.1, 0.15) is 30.4 Å². The molecule has 0 bridgehead atoms. The average Bonchev–Trinajstić information content (AvgIpc) is 2.49. The van der Waals surface area contributed by atoms with Gasteiger partial charge in [0.1, 0.15) is 5.78 Å². The Morgan fingerprint density at radius 3 is 2.48 bits per heavy atom. The van der Waals surface area contributed by atoms with Gasteiger partial charge in [0.2, 0.25) is 0 Å². The molecule has 0 saturated carbocycles. The van der Waals surface area contributed by atoms with Crippen LogP contribution in [0.25, 0.3) is 0 Å². The number of Topliss-reactive ketones (excluding diaryl/α,β-unsaturated/α-hetero) is 1. The van der Waals surface area contributed by atoms with Crippen molar-refractivity contribution in [3.8, 4) is 5.75 Å². The Hall–Kier alpha value is -2.16. The molecule has 0 heterocycles. The fourth-order valence-corrected chi connectivity index (χ4v) is 2.48. The molecule has 0 fully saturated rings. The molecule has 0 aliphatic carbocycles. The standard InChI is InChI=1S/C18H19FO2/c1-3-15(14-7-5-4-6-8-14)17(20)12-13-9-10-18(21-2)16(19)11-13/h4-11,15H,3,12H2,1-2H3. The van der Waals surface area contributed by atoms with Crippen molar-refractivity contribution in [2.75, 3.05) is 7.11 Å². The molecule has 110 valence electrons. The monoisotopic (exact) mass is 286 g/mol. The Balaban J connectivity index is 2.15. The highest BCUT2D eigenvalue weighted by Crippen LogP contribution is 2.24. The molecule has 0 saturated heterocycles. The molecule has 2 rings (SSSR count). The van der Waals surface area contributed by atoms with E-state index >= 15 is 0 Å². The van der Waals surface area contributed by atoms with Crippen molar-refractivity contribution in [2.45, 2.75) is 25.7 Å². The van der Waals surface area contributed by atoms with Crippen LogP contribution in [0.5, 0.6) is 5.75 Å². The van der Waals surface area contributed by atoms with E-state index in [9.17, 15) is 9.18 Å². The predicted molar refractivity (Wildman–Crippen MR) is 81.1 cm³/mol. The summed E-state index contributed by atoms with van der Waals surface area (Å²) >= 11 is 0. The highest BCUT2D eigenvalue weighted by molar-refractivity contribution is 5.87. The average molecular weight is 286 g/mol. The maximum absolute atomic E-state index is 13.7. The third-order valence-electron chi connectivity index (χ3n) is 3.59. The van der Waals surface area contributed by atoms with Crippen LogP contribution in [0.15, 0.2) is 48.5 Å². The number of ketones is 1. The van der Waals surface area contributed by atoms with Crippen molar-refractivity contribution in [2.24, 2.45) is 0 Å². The molecule has 0 spiro atoms. The Morgan fingerprint density at radius 2 is 1.90 bits per heavy atom. The molecule has 2 aromatic carbocycles. The van der Waals surface area contributed by atoms with Gasteiger partial charge in [-0.2, -0.15) is 0 Å². The second-order valence-corrected chi connectivity index (χ2v) is 4.98. The summed E-state index contributed by atoms with van der Waals surface area (Å²) in [7, 11) is 1.42. The lowest BCUT2D eigenvalue weighted by atomic mass is 9.89. The van der Waals surface area contributed by atoms with Crippen LogP contribution < -0.4 is 4.74 Å². The van der Waals surface area contributed by atoms with Crippen molar-refractivity contribution in [3.63, 3.8) is 0 Å². The van der Waals surface area contributed by atoms with Crippen LogP contribution >= 0.6 is 0 Å². The zero-order chi connectivity index (χ0) is 15.2. The third kappa shape index (κ3) is 3.69. The summed E-state index contributed by atoms with van der Waals surface area (Å²) in [6.07, 6.45) is 0.968. The predicted octanol–water partition coefficient (Wildman–Crippen LogP) is 4.14. The van der Waals surface area contributed by atoms with E-state index < -0.39 is 5.82 Å². The second-order valence-electron chi connectivity index (χ2n) is 4.98. The van der Waals surface area contributed by atoms with Crippen molar-refractivity contribution >= 4 is 5.78 Å². The van der Waals surface area contributed by atoms with Gasteiger partial charge >= 0.3 is 0 Å². The number of rotatable bonds is 6. The van der Waals surface area contributed by atoms with Gasteiger partial charge in [-0.1, -0.05) is 43.3 Å². The highest BCUT2D eigenvalue weighted by Gasteiger charge is 2.19. The van der Waals surface area contributed by atoms with Gasteiger partial charge in [-0.25, -0.2) is 4.39 Å². The first-order valence-corrected chi connectivity index (χ1v) is 7.05. The lowest BCUT2D eigenvalue weighted by Gasteiger charge is -2.14. The quantitative estimate of drug-likeness (QED) is 0.797. The van der Waals surface area contributed by atoms with Crippen LogP contribution in [-0.4, -0.2) is 12.9 Å². The van der Waals surface area contributed by atoms with E-state index in [1.807, 2.05) is 37.3 Å². The molecule has 0 N–H and O–H groups in total. The first kappa shape index (κ1) is 15.2. The van der Waals surface area contributed by atoms with Crippen LogP contribution in [0.2, 0.25) is 0 Å². The van der Waals surface area contributed by atoms with Crippen LogP contribution in [0, 0.1) is 5.82 Å². The fraction of sp³-hybridized carbons (Fsp3) is 0.278. The van der Waals surface area contributed by atoms with E-state index in [-0.39, 0.29) is 23.9 Å². The van der Waals surface area contributed by atoms with E-state index in [4.69, 9.17) is 4.74 Å². The Kier molecular flexibility index (Phi) is 5.09. The molecule has 1 atom stereocenters. The Morgan fingerprint density at radius 1 is 1.19 bits per heavy atom. The second kappa shape index (κ2) is 7.02. The van der Waals surface area contributed by atoms with Gasteiger partial charge in [0.25, 0.3) is 0 Å². The van der Waals surface area contributed by atoms with Gasteiger partial charge in [0.05, 0.1) is 7.11 Å². The number of methoxy groups -OCH3 is 1. The fourth-order valence-electron chi connectivity index (χ4n) is 2.48. The minimum absolute atomic E-state index is 0.105. The summed E-state index contributed by atoms with van der Waals surface area (Å²) in [5, 5.41) is 0. The number of hydrogen-bond donors (Lipinski definition) is 0. The summed E-state index contributed by atoms with van der Waals surface area (Å²) in [5.41, 5.74) is 1.69. The number of ether oxygens (including phenoxy) is 1. The molecule has 3 heteroatoms. The summed E-state index contributed by atoms with van der Waals surface area (Å²) in [6.45, 7) is 1.99. The largest absolute Gasteiger partial charge is 0.494 e. The molecule has 0 amide bonds. The molecule has 0 aromatic heterocycles. The van der Waals surface area contributed by atoms with Crippen LogP contribution in [-0.2, 0) is 11.2 Å². The molecule has 2 aromatic rings. The maximum atomic E-state index is 13.7. The van der Waals surface area contributed by atoms with Gasteiger partial charge in [0, 0.05) is 12.3 Å². The van der Waals surface area contributed by atoms with E-state index in [0.717, 1.165) is 12.0 Å². The van der Waals surface area contributed by atoms with Crippen molar-refractivity contribution in [1.29, 1.82) is 0 Å². The molecule has 1 unspecified atom stereocenters. The molecule has 2 nitrogen and oxygen atoms in total. The van der Waals surface area contributed by atoms with Gasteiger partial charge < -0.3 is 4.74 Å². The first-order valence-electron chi connectivity index (χ1n) is 7.05. The zero-order valence-corrected chi connectivity index (χ0v) is 12.3. The van der Waals surface area contributed by atoms with Crippen molar-refractivity contribution in [1.82, 2.24) is 0 Å². The van der Waals surface area contributed by atoms with Crippen LogP contribution in [0.3, 0.4) is 0 Å². The molecular formula is C18H19FO2. The zero-order valence-electron chi connectivity index (χ0n) is 12.3. The van der Waals surface area contributed by atoms with Gasteiger partial charge in [-0.3, -0.25) is 4.79 Å². The maximum Gasteiger partial charge on any atom is 0.165 e. The number of carbonyl (C=O) groups is 1. The molecule has 0 aliphatic rings. The summed E-state index contributed by atoms with van der Waals surface area (Å²) < 4.78 is 18.6. The first-order chi connectivity index (χ1) is 10.2. The van der Waals surface area contributed by atoms with Gasteiger partial charge in [0.15, 0.2) is 11.6 Å². The minimum atomic E-state index is -0.435.